The van der Waals surface area contributed by atoms with Gasteiger partial charge in [0, 0.05) is 26.2 Å². The number of ether oxygens (including phenoxy) is 1. The third-order valence-electron chi connectivity index (χ3n) is 4.00. The van der Waals surface area contributed by atoms with E-state index < -0.39 is 5.82 Å². The largest absolute Gasteiger partial charge is 0.489 e. The number of rotatable bonds is 5. The summed E-state index contributed by atoms with van der Waals surface area (Å²) < 4.78 is 19.7. The van der Waals surface area contributed by atoms with Crippen molar-refractivity contribution >= 4 is 22.9 Å². The van der Waals surface area contributed by atoms with Gasteiger partial charge in [0.25, 0.3) is 0 Å². The lowest BCUT2D eigenvalue weighted by Gasteiger charge is -2.35. The van der Waals surface area contributed by atoms with E-state index in [0.717, 1.165) is 31.7 Å². The van der Waals surface area contributed by atoms with E-state index in [-0.39, 0.29) is 11.8 Å². The molecule has 0 amide bonds. The molecule has 0 unspecified atom stereocenters. The lowest BCUT2D eigenvalue weighted by atomic mass is 9.98. The molecule has 23 heavy (non-hydrogen) atoms. The number of nitrogens with one attached hydrogen (secondary N) is 1. The fourth-order valence-corrected chi connectivity index (χ4v) is 3.95. The SMILES string of the molecule is CCOc1c(F)cc([C@H](c2ccsc2)N2CCNCC2)cc1Cl. The molecule has 1 aliphatic rings. The molecular weight excluding hydrogens is 335 g/mol. The first-order chi connectivity index (χ1) is 11.2. The van der Waals surface area contributed by atoms with Crippen LogP contribution >= 0.6 is 22.9 Å². The van der Waals surface area contributed by atoms with Crippen molar-refractivity contribution in [3.63, 3.8) is 0 Å². The number of nitrogens with zero attached hydrogens (tertiary/aromatic N) is 1. The Balaban J connectivity index is 1.99. The molecule has 2 heterocycles. The van der Waals surface area contributed by atoms with Crippen LogP contribution in [0.3, 0.4) is 0 Å². The highest BCUT2D eigenvalue weighted by atomic mass is 35.5. The van der Waals surface area contributed by atoms with Gasteiger partial charge >= 0.3 is 0 Å². The maximum Gasteiger partial charge on any atom is 0.173 e. The second kappa shape index (κ2) is 7.62. The first kappa shape index (κ1) is 16.7. The Kier molecular flexibility index (Phi) is 5.54. The first-order valence-electron chi connectivity index (χ1n) is 7.79. The summed E-state index contributed by atoms with van der Waals surface area (Å²) >= 11 is 7.92. The maximum absolute atomic E-state index is 14.4. The number of halogens is 2. The van der Waals surface area contributed by atoms with E-state index in [0.29, 0.717) is 11.6 Å². The summed E-state index contributed by atoms with van der Waals surface area (Å²) in [5, 5.41) is 7.86. The van der Waals surface area contributed by atoms with Crippen LogP contribution in [-0.2, 0) is 0 Å². The third-order valence-corrected chi connectivity index (χ3v) is 4.98. The van der Waals surface area contributed by atoms with Crippen LogP contribution in [0, 0.1) is 5.82 Å². The van der Waals surface area contributed by atoms with Gasteiger partial charge in [-0.3, -0.25) is 4.90 Å². The van der Waals surface area contributed by atoms with Gasteiger partial charge in [0.05, 0.1) is 17.7 Å². The standard InChI is InChI=1S/C17H20ClFN2OS/c1-2-22-17-14(18)9-13(10-15(17)19)16(12-3-8-23-11-12)21-6-4-20-5-7-21/h3,8-11,16,20H,2,4-7H2,1H3/t16-/m0/s1. The Morgan fingerprint density at radius 1 is 1.35 bits per heavy atom. The molecule has 1 N–H and O–H groups in total. The zero-order valence-corrected chi connectivity index (χ0v) is 14.6. The van der Waals surface area contributed by atoms with Gasteiger partial charge < -0.3 is 10.1 Å². The molecule has 6 heteroatoms. The fourth-order valence-electron chi connectivity index (χ4n) is 3.00. The monoisotopic (exact) mass is 354 g/mol. The Morgan fingerprint density at radius 3 is 2.74 bits per heavy atom. The quantitative estimate of drug-likeness (QED) is 0.880. The molecule has 0 spiro atoms. The van der Waals surface area contributed by atoms with Gasteiger partial charge in [-0.05, 0) is 47.0 Å². The number of hydrogen-bond acceptors (Lipinski definition) is 4. The number of benzene rings is 1. The molecule has 1 saturated heterocycles. The van der Waals surface area contributed by atoms with Crippen LogP contribution in [-0.4, -0.2) is 37.7 Å². The van der Waals surface area contributed by atoms with Crippen molar-refractivity contribution < 1.29 is 9.13 Å². The minimum Gasteiger partial charge on any atom is -0.489 e. The maximum atomic E-state index is 14.4. The summed E-state index contributed by atoms with van der Waals surface area (Å²) in [6.45, 7) is 5.93. The third kappa shape index (κ3) is 3.69. The first-order valence-corrected chi connectivity index (χ1v) is 9.11. The van der Waals surface area contributed by atoms with E-state index in [9.17, 15) is 4.39 Å². The van der Waals surface area contributed by atoms with E-state index in [1.54, 1.807) is 17.4 Å². The molecule has 0 bridgehead atoms. The molecule has 0 radical (unpaired) electrons. The number of hydrogen-bond donors (Lipinski definition) is 1. The number of piperazine rings is 1. The summed E-state index contributed by atoms with van der Waals surface area (Å²) in [5.41, 5.74) is 2.05. The molecule has 2 aromatic rings. The molecule has 0 saturated carbocycles. The van der Waals surface area contributed by atoms with Gasteiger partial charge in [-0.25, -0.2) is 4.39 Å². The molecule has 1 aromatic heterocycles. The average Bonchev–Trinajstić information content (AvgIpc) is 3.06. The normalized spacial score (nSPS) is 17.2. The highest BCUT2D eigenvalue weighted by Gasteiger charge is 2.26. The van der Waals surface area contributed by atoms with Crippen LogP contribution in [0.4, 0.5) is 4.39 Å². The van der Waals surface area contributed by atoms with E-state index in [4.69, 9.17) is 16.3 Å². The van der Waals surface area contributed by atoms with Gasteiger partial charge in [-0.2, -0.15) is 11.3 Å². The lowest BCUT2D eigenvalue weighted by Crippen LogP contribution is -2.45. The molecule has 1 atom stereocenters. The predicted octanol–water partition coefficient (Wildman–Crippen LogP) is 3.93. The zero-order chi connectivity index (χ0) is 16.2. The lowest BCUT2D eigenvalue weighted by molar-refractivity contribution is 0.198. The van der Waals surface area contributed by atoms with Crippen LogP contribution in [0.15, 0.2) is 29.0 Å². The topological polar surface area (TPSA) is 24.5 Å². The summed E-state index contributed by atoms with van der Waals surface area (Å²) in [7, 11) is 0. The van der Waals surface area contributed by atoms with Crippen molar-refractivity contribution in [1.82, 2.24) is 10.2 Å². The Hall–Kier alpha value is -1.14. The van der Waals surface area contributed by atoms with Crippen molar-refractivity contribution in [3.8, 4) is 5.75 Å². The zero-order valence-electron chi connectivity index (χ0n) is 13.0. The smallest absolute Gasteiger partial charge is 0.173 e. The van der Waals surface area contributed by atoms with Gasteiger partial charge in [0.15, 0.2) is 11.6 Å². The van der Waals surface area contributed by atoms with Gasteiger partial charge in [-0.1, -0.05) is 11.6 Å². The molecular formula is C17H20ClFN2OS. The molecule has 1 aliphatic heterocycles. The molecule has 3 rings (SSSR count). The summed E-state index contributed by atoms with van der Waals surface area (Å²) in [4.78, 5) is 2.37. The van der Waals surface area contributed by atoms with E-state index in [1.807, 2.05) is 13.0 Å². The Morgan fingerprint density at radius 2 is 2.13 bits per heavy atom. The van der Waals surface area contributed by atoms with Crippen molar-refractivity contribution in [2.24, 2.45) is 0 Å². The molecule has 124 valence electrons. The van der Waals surface area contributed by atoms with Crippen molar-refractivity contribution in [2.45, 2.75) is 13.0 Å². The Labute approximate surface area is 145 Å². The molecule has 1 fully saturated rings. The molecule has 0 aliphatic carbocycles. The van der Waals surface area contributed by atoms with Gasteiger partial charge in [-0.15, -0.1) is 0 Å². The predicted molar refractivity (Wildman–Crippen MR) is 93.2 cm³/mol. The minimum atomic E-state index is -0.398. The van der Waals surface area contributed by atoms with Gasteiger partial charge in [0.2, 0.25) is 0 Å². The summed E-state index contributed by atoms with van der Waals surface area (Å²) in [6, 6.07) is 5.51. The van der Waals surface area contributed by atoms with Crippen molar-refractivity contribution in [2.75, 3.05) is 32.8 Å². The second-order valence-corrected chi connectivity index (χ2v) is 6.68. The fraction of sp³-hybridized carbons (Fsp3) is 0.412. The van der Waals surface area contributed by atoms with E-state index in [1.165, 1.54) is 5.56 Å². The highest BCUT2D eigenvalue weighted by Crippen LogP contribution is 2.36. The van der Waals surface area contributed by atoms with Crippen LogP contribution in [0.25, 0.3) is 0 Å². The van der Waals surface area contributed by atoms with E-state index in [2.05, 4.69) is 27.0 Å². The summed E-state index contributed by atoms with van der Waals surface area (Å²) in [5.74, 6) is -0.257. The number of thiophene rings is 1. The second-order valence-electron chi connectivity index (χ2n) is 5.49. The summed E-state index contributed by atoms with van der Waals surface area (Å²) in [6.07, 6.45) is 0. The minimum absolute atomic E-state index is 0.0195. The Bertz CT molecular complexity index is 621. The van der Waals surface area contributed by atoms with Crippen molar-refractivity contribution in [3.05, 3.63) is 50.9 Å². The highest BCUT2D eigenvalue weighted by molar-refractivity contribution is 7.08. The van der Waals surface area contributed by atoms with Crippen LogP contribution in [0.1, 0.15) is 24.1 Å². The average molecular weight is 355 g/mol. The van der Waals surface area contributed by atoms with E-state index >= 15 is 0 Å². The van der Waals surface area contributed by atoms with Crippen LogP contribution in [0.2, 0.25) is 5.02 Å². The van der Waals surface area contributed by atoms with Gasteiger partial charge in [0.1, 0.15) is 0 Å². The van der Waals surface area contributed by atoms with Crippen LogP contribution in [0.5, 0.6) is 5.75 Å². The molecule has 3 nitrogen and oxygen atoms in total. The van der Waals surface area contributed by atoms with Crippen LogP contribution < -0.4 is 10.1 Å². The van der Waals surface area contributed by atoms with Crippen molar-refractivity contribution in [1.29, 1.82) is 0 Å². The molecule has 1 aromatic carbocycles.